The Morgan fingerprint density at radius 2 is 2.10 bits per heavy atom. The lowest BCUT2D eigenvalue weighted by Crippen LogP contribution is -2.22. The second kappa shape index (κ2) is 5.16. The molecule has 0 bridgehead atoms. The summed E-state index contributed by atoms with van der Waals surface area (Å²) in [5.74, 6) is 0.563. The molecule has 2 N–H and O–H groups in total. The van der Waals surface area contributed by atoms with Gasteiger partial charge in [0, 0.05) is 27.2 Å². The largest absolute Gasteiger partial charge is 0.492 e. The van der Waals surface area contributed by atoms with Crippen molar-refractivity contribution >= 4 is 27.9 Å². The van der Waals surface area contributed by atoms with Crippen molar-refractivity contribution in [2.45, 2.75) is 20.3 Å². The number of methoxy groups -OCH3 is 1. The highest BCUT2D eigenvalue weighted by atomic mass is 32.1. The molecule has 0 aromatic carbocycles. The number of ether oxygens (including phenoxy) is 1. The molecule has 112 valence electrons. The van der Waals surface area contributed by atoms with Gasteiger partial charge in [0.25, 0.3) is 5.91 Å². The Kier molecular flexibility index (Phi) is 3.86. The van der Waals surface area contributed by atoms with Gasteiger partial charge in [0.2, 0.25) is 0 Å². The number of nitrogens with two attached hydrogens (primary N) is 1. The lowest BCUT2D eigenvalue weighted by atomic mass is 9.93. The number of carbonyl (C=O) groups is 1. The minimum atomic E-state index is -0.0736. The van der Waals surface area contributed by atoms with E-state index in [-0.39, 0.29) is 11.3 Å². The van der Waals surface area contributed by atoms with Crippen LogP contribution in [0.3, 0.4) is 0 Å². The molecule has 1 saturated heterocycles. The van der Waals surface area contributed by atoms with Crippen LogP contribution in [-0.4, -0.2) is 45.1 Å². The average Bonchev–Trinajstić information content (AvgIpc) is 2.88. The standard InChI is InChI=1S/C14H23N3O2S/c1-14(2)6-7-17(8-14)13-10(19-5)9(15)11(20-13)12(18)16(3)4/h6-8,15H2,1-5H3. The van der Waals surface area contributed by atoms with Crippen molar-refractivity contribution in [1.29, 1.82) is 0 Å². The molecule has 1 aromatic heterocycles. The molecule has 0 aliphatic carbocycles. The van der Waals surface area contributed by atoms with E-state index in [1.165, 1.54) is 11.3 Å². The molecule has 5 nitrogen and oxygen atoms in total. The number of nitrogen functional groups attached to an aromatic ring is 1. The van der Waals surface area contributed by atoms with E-state index in [4.69, 9.17) is 10.5 Å². The molecular weight excluding hydrogens is 274 g/mol. The van der Waals surface area contributed by atoms with Crippen LogP contribution in [-0.2, 0) is 0 Å². The zero-order valence-corrected chi connectivity index (χ0v) is 13.6. The van der Waals surface area contributed by atoms with E-state index < -0.39 is 0 Å². The molecule has 0 radical (unpaired) electrons. The first-order chi connectivity index (χ1) is 9.26. The van der Waals surface area contributed by atoms with Crippen LogP contribution >= 0.6 is 11.3 Å². The highest BCUT2D eigenvalue weighted by molar-refractivity contribution is 7.19. The molecule has 1 fully saturated rings. The topological polar surface area (TPSA) is 58.8 Å². The maximum atomic E-state index is 12.2. The van der Waals surface area contributed by atoms with E-state index in [1.807, 2.05) is 0 Å². The normalized spacial score (nSPS) is 17.4. The summed E-state index contributed by atoms with van der Waals surface area (Å²) in [5.41, 5.74) is 6.84. The third-order valence-corrected chi connectivity index (χ3v) is 4.89. The Hall–Kier alpha value is -1.43. The van der Waals surface area contributed by atoms with Crippen molar-refractivity contribution in [2.24, 2.45) is 5.41 Å². The van der Waals surface area contributed by atoms with E-state index in [1.54, 1.807) is 26.1 Å². The lowest BCUT2D eigenvalue weighted by Gasteiger charge is -2.20. The summed E-state index contributed by atoms with van der Waals surface area (Å²) in [4.78, 5) is 16.5. The minimum Gasteiger partial charge on any atom is -0.492 e. The van der Waals surface area contributed by atoms with E-state index in [2.05, 4.69) is 18.7 Å². The third-order valence-electron chi connectivity index (χ3n) is 3.65. The van der Waals surface area contributed by atoms with Gasteiger partial charge in [0.05, 0.1) is 7.11 Å². The predicted molar refractivity (Wildman–Crippen MR) is 83.9 cm³/mol. The van der Waals surface area contributed by atoms with Crippen molar-refractivity contribution in [3.63, 3.8) is 0 Å². The molecule has 1 aliphatic heterocycles. The van der Waals surface area contributed by atoms with Crippen LogP contribution in [0.2, 0.25) is 0 Å². The molecule has 1 aliphatic rings. The summed E-state index contributed by atoms with van der Waals surface area (Å²) < 4.78 is 5.44. The van der Waals surface area contributed by atoms with Crippen LogP contribution in [0.25, 0.3) is 0 Å². The van der Waals surface area contributed by atoms with Gasteiger partial charge < -0.3 is 20.3 Å². The van der Waals surface area contributed by atoms with Crippen LogP contribution in [0.1, 0.15) is 29.9 Å². The molecule has 6 heteroatoms. The Balaban J connectivity index is 2.39. The molecule has 0 saturated carbocycles. The molecule has 2 rings (SSSR count). The molecular formula is C14H23N3O2S. The van der Waals surface area contributed by atoms with Gasteiger partial charge in [-0.1, -0.05) is 13.8 Å². The zero-order valence-electron chi connectivity index (χ0n) is 12.8. The Bertz CT molecular complexity index is 523. The highest BCUT2D eigenvalue weighted by Crippen LogP contribution is 2.47. The summed E-state index contributed by atoms with van der Waals surface area (Å²) in [7, 11) is 5.06. The number of anilines is 2. The van der Waals surface area contributed by atoms with E-state index in [9.17, 15) is 4.79 Å². The van der Waals surface area contributed by atoms with Gasteiger partial charge in [-0.3, -0.25) is 4.79 Å². The fourth-order valence-electron chi connectivity index (χ4n) is 2.47. The number of nitrogens with zero attached hydrogens (tertiary/aromatic N) is 2. The van der Waals surface area contributed by atoms with Gasteiger partial charge in [0.1, 0.15) is 15.6 Å². The first-order valence-corrected chi connectivity index (χ1v) is 7.51. The molecule has 1 aromatic rings. The van der Waals surface area contributed by atoms with E-state index in [0.29, 0.717) is 16.3 Å². The van der Waals surface area contributed by atoms with Crippen LogP contribution in [0.15, 0.2) is 0 Å². The van der Waals surface area contributed by atoms with Gasteiger partial charge >= 0.3 is 0 Å². The van der Waals surface area contributed by atoms with Gasteiger partial charge in [-0.05, 0) is 11.8 Å². The van der Waals surface area contributed by atoms with Crippen LogP contribution in [0.4, 0.5) is 10.7 Å². The number of amides is 1. The second-order valence-electron chi connectivity index (χ2n) is 6.22. The van der Waals surface area contributed by atoms with E-state index in [0.717, 1.165) is 24.5 Å². The molecule has 0 atom stereocenters. The Morgan fingerprint density at radius 1 is 1.45 bits per heavy atom. The second-order valence-corrected chi connectivity index (χ2v) is 7.22. The van der Waals surface area contributed by atoms with Gasteiger partial charge in [0.15, 0.2) is 5.75 Å². The smallest absolute Gasteiger partial charge is 0.265 e. The fraction of sp³-hybridized carbons (Fsp3) is 0.643. The molecule has 1 amide bonds. The van der Waals surface area contributed by atoms with Gasteiger partial charge in [-0.2, -0.15) is 0 Å². The van der Waals surface area contributed by atoms with Gasteiger partial charge in [-0.25, -0.2) is 0 Å². The lowest BCUT2D eigenvalue weighted by molar-refractivity contribution is 0.0833. The first kappa shape index (κ1) is 15.0. The van der Waals surface area contributed by atoms with E-state index >= 15 is 0 Å². The van der Waals surface area contributed by atoms with Gasteiger partial charge in [-0.15, -0.1) is 11.3 Å². The highest BCUT2D eigenvalue weighted by Gasteiger charge is 2.34. The molecule has 0 spiro atoms. The fourth-order valence-corrected chi connectivity index (χ4v) is 3.71. The Labute approximate surface area is 124 Å². The monoisotopic (exact) mass is 297 g/mol. The number of hydrogen-bond acceptors (Lipinski definition) is 5. The zero-order chi connectivity index (χ0) is 15.1. The third kappa shape index (κ3) is 2.57. The molecule has 0 unspecified atom stereocenters. The van der Waals surface area contributed by atoms with Crippen LogP contribution in [0.5, 0.6) is 5.75 Å². The van der Waals surface area contributed by atoms with Crippen molar-refractivity contribution in [2.75, 3.05) is 44.9 Å². The number of rotatable bonds is 3. The van der Waals surface area contributed by atoms with Crippen molar-refractivity contribution < 1.29 is 9.53 Å². The quantitative estimate of drug-likeness (QED) is 0.930. The van der Waals surface area contributed by atoms with Crippen LogP contribution < -0.4 is 15.4 Å². The number of thiophene rings is 1. The number of hydrogen-bond donors (Lipinski definition) is 1. The summed E-state index contributed by atoms with van der Waals surface area (Å²) in [5, 5.41) is 0.973. The van der Waals surface area contributed by atoms with Crippen molar-refractivity contribution in [1.82, 2.24) is 4.90 Å². The van der Waals surface area contributed by atoms with Crippen molar-refractivity contribution in [3.05, 3.63) is 4.88 Å². The summed E-state index contributed by atoms with van der Waals surface area (Å²) in [6, 6.07) is 0. The maximum absolute atomic E-state index is 12.2. The minimum absolute atomic E-state index is 0.0736. The summed E-state index contributed by atoms with van der Waals surface area (Å²) in [6.45, 7) is 6.43. The predicted octanol–water partition coefficient (Wildman–Crippen LogP) is 2.28. The summed E-state index contributed by atoms with van der Waals surface area (Å²) in [6.07, 6.45) is 1.13. The average molecular weight is 297 g/mol. The molecule has 20 heavy (non-hydrogen) atoms. The summed E-state index contributed by atoms with van der Waals surface area (Å²) >= 11 is 1.43. The number of carbonyl (C=O) groups excluding carboxylic acids is 1. The van der Waals surface area contributed by atoms with Crippen molar-refractivity contribution in [3.8, 4) is 5.75 Å². The first-order valence-electron chi connectivity index (χ1n) is 6.69. The Morgan fingerprint density at radius 3 is 2.55 bits per heavy atom. The molecule has 2 heterocycles. The maximum Gasteiger partial charge on any atom is 0.265 e. The SMILES string of the molecule is COc1c(N2CCC(C)(C)C2)sc(C(=O)N(C)C)c1N. The van der Waals surface area contributed by atoms with Crippen LogP contribution in [0, 0.1) is 5.41 Å².